The van der Waals surface area contributed by atoms with Crippen LogP contribution in [0.15, 0.2) is 33.8 Å². The largest absolute Gasteiger partial charge is 0.441 e. The molecular formula is C15H13Cl2N3O2S. The van der Waals surface area contributed by atoms with E-state index in [4.69, 9.17) is 27.6 Å². The van der Waals surface area contributed by atoms with Crippen LogP contribution in [0, 0.1) is 0 Å². The molecule has 0 bridgehead atoms. The smallest absolute Gasteiger partial charge is 0.226 e. The first kappa shape index (κ1) is 16.4. The maximum absolute atomic E-state index is 11.8. The summed E-state index contributed by atoms with van der Waals surface area (Å²) in [6.07, 6.45) is 2.29. The number of aryl methyl sites for hydroxylation is 1. The van der Waals surface area contributed by atoms with Gasteiger partial charge in [0.1, 0.15) is 0 Å². The molecule has 120 valence electrons. The number of carbonyl (C=O) groups excluding carboxylic acids is 1. The molecule has 23 heavy (non-hydrogen) atoms. The Balaban J connectivity index is 1.59. The number of aliphatic imine (C=N–C) groups is 1. The molecule has 0 atom stereocenters. The Morgan fingerprint density at radius 2 is 2.26 bits per heavy atom. The zero-order valence-corrected chi connectivity index (χ0v) is 14.3. The molecule has 2 aromatic rings. The summed E-state index contributed by atoms with van der Waals surface area (Å²) in [6, 6.07) is 5.16. The Labute approximate surface area is 147 Å². The van der Waals surface area contributed by atoms with Gasteiger partial charge in [0.25, 0.3) is 0 Å². The zero-order chi connectivity index (χ0) is 16.2. The molecule has 1 aromatic carbocycles. The van der Waals surface area contributed by atoms with Crippen LogP contribution in [0.2, 0.25) is 10.0 Å². The van der Waals surface area contributed by atoms with Gasteiger partial charge in [0.05, 0.1) is 17.8 Å². The Bertz CT molecular complexity index is 761. The van der Waals surface area contributed by atoms with Gasteiger partial charge in [-0.2, -0.15) is 0 Å². The fourth-order valence-corrected chi connectivity index (χ4v) is 3.30. The number of amidine groups is 1. The molecule has 0 saturated carbocycles. The van der Waals surface area contributed by atoms with Crippen LogP contribution in [0.3, 0.4) is 0 Å². The standard InChI is InChI=1S/C15H13Cl2N3O2S/c16-9-1-2-10(11(17)7-9)12-8-19-14(22-12)4-3-13(21)20-15-18-5-6-23-15/h1-2,7-8H,3-6H2,(H,18,20,21). The van der Waals surface area contributed by atoms with Crippen molar-refractivity contribution < 1.29 is 9.21 Å². The highest BCUT2D eigenvalue weighted by Gasteiger charge is 2.14. The van der Waals surface area contributed by atoms with E-state index >= 15 is 0 Å². The molecule has 1 aliphatic rings. The van der Waals surface area contributed by atoms with Crippen molar-refractivity contribution in [1.82, 2.24) is 10.3 Å². The fourth-order valence-electron chi connectivity index (χ4n) is 2.05. The number of hydrogen-bond donors (Lipinski definition) is 1. The topological polar surface area (TPSA) is 67.5 Å². The van der Waals surface area contributed by atoms with Crippen LogP contribution in [-0.2, 0) is 11.2 Å². The number of thioether (sulfide) groups is 1. The Kier molecular flexibility index (Phi) is 5.25. The number of aromatic nitrogens is 1. The van der Waals surface area contributed by atoms with E-state index in [2.05, 4.69) is 15.3 Å². The Morgan fingerprint density at radius 3 is 3.00 bits per heavy atom. The first-order chi connectivity index (χ1) is 11.1. The first-order valence-electron chi connectivity index (χ1n) is 6.99. The molecule has 0 fully saturated rings. The van der Waals surface area contributed by atoms with E-state index in [0.717, 1.165) is 17.9 Å². The molecule has 8 heteroatoms. The lowest BCUT2D eigenvalue weighted by Gasteiger charge is -2.02. The summed E-state index contributed by atoms with van der Waals surface area (Å²) in [7, 11) is 0. The molecule has 1 aliphatic heterocycles. The van der Waals surface area contributed by atoms with Gasteiger partial charge in [0, 0.05) is 29.2 Å². The quantitative estimate of drug-likeness (QED) is 0.889. The molecule has 1 N–H and O–H groups in total. The maximum atomic E-state index is 11.8. The average molecular weight is 370 g/mol. The van der Waals surface area contributed by atoms with Gasteiger partial charge in [-0.25, -0.2) is 4.98 Å². The molecule has 0 radical (unpaired) electrons. The summed E-state index contributed by atoms with van der Waals surface area (Å²) >= 11 is 13.6. The number of halogens is 2. The lowest BCUT2D eigenvalue weighted by Crippen LogP contribution is -2.27. The number of benzene rings is 1. The van der Waals surface area contributed by atoms with Crippen LogP contribution in [0.25, 0.3) is 11.3 Å². The predicted molar refractivity (Wildman–Crippen MR) is 93.2 cm³/mol. The van der Waals surface area contributed by atoms with Crippen molar-refractivity contribution in [3.8, 4) is 11.3 Å². The number of hydrogen-bond acceptors (Lipinski definition) is 5. The lowest BCUT2D eigenvalue weighted by molar-refractivity contribution is -0.119. The molecule has 0 saturated heterocycles. The molecular weight excluding hydrogens is 357 g/mol. The molecule has 5 nitrogen and oxygen atoms in total. The summed E-state index contributed by atoms with van der Waals surface area (Å²) in [4.78, 5) is 20.2. The Morgan fingerprint density at radius 1 is 1.39 bits per heavy atom. The molecule has 0 unspecified atom stereocenters. The van der Waals surface area contributed by atoms with Crippen molar-refractivity contribution in [2.45, 2.75) is 12.8 Å². The van der Waals surface area contributed by atoms with Crippen LogP contribution in [0.4, 0.5) is 0 Å². The number of oxazole rings is 1. The third-order valence-corrected chi connectivity index (χ3v) is 4.59. The van der Waals surface area contributed by atoms with Gasteiger partial charge in [-0.15, -0.1) is 0 Å². The summed E-state index contributed by atoms with van der Waals surface area (Å²) in [5.41, 5.74) is 0.718. The lowest BCUT2D eigenvalue weighted by atomic mass is 10.2. The molecule has 0 spiro atoms. The average Bonchev–Trinajstić information content (AvgIpc) is 3.17. The highest BCUT2D eigenvalue weighted by atomic mass is 35.5. The Hall–Kier alpha value is -1.50. The highest BCUT2D eigenvalue weighted by molar-refractivity contribution is 8.14. The molecule has 2 heterocycles. The second-order valence-electron chi connectivity index (χ2n) is 4.83. The van der Waals surface area contributed by atoms with Crippen molar-refractivity contribution in [2.24, 2.45) is 4.99 Å². The summed E-state index contributed by atoms with van der Waals surface area (Å²) in [5, 5.41) is 4.52. The van der Waals surface area contributed by atoms with E-state index in [1.807, 2.05) is 0 Å². The van der Waals surface area contributed by atoms with Crippen molar-refractivity contribution >= 4 is 46.0 Å². The highest BCUT2D eigenvalue weighted by Crippen LogP contribution is 2.30. The van der Waals surface area contributed by atoms with E-state index in [9.17, 15) is 4.79 Å². The van der Waals surface area contributed by atoms with Gasteiger partial charge >= 0.3 is 0 Å². The van der Waals surface area contributed by atoms with E-state index in [1.165, 1.54) is 0 Å². The van der Waals surface area contributed by atoms with E-state index in [1.54, 1.807) is 36.2 Å². The number of nitrogens with one attached hydrogen (secondary N) is 1. The van der Waals surface area contributed by atoms with Crippen LogP contribution in [0.1, 0.15) is 12.3 Å². The zero-order valence-electron chi connectivity index (χ0n) is 12.0. The summed E-state index contributed by atoms with van der Waals surface area (Å²) in [6.45, 7) is 0.755. The summed E-state index contributed by atoms with van der Waals surface area (Å²) in [5.74, 6) is 1.86. The van der Waals surface area contributed by atoms with Gasteiger partial charge in [0.15, 0.2) is 16.8 Å². The van der Waals surface area contributed by atoms with Crippen LogP contribution in [-0.4, -0.2) is 28.4 Å². The second kappa shape index (κ2) is 7.38. The summed E-state index contributed by atoms with van der Waals surface area (Å²) < 4.78 is 5.66. The minimum atomic E-state index is -0.0950. The molecule has 1 amide bonds. The molecule has 3 rings (SSSR count). The van der Waals surface area contributed by atoms with Gasteiger partial charge in [0.2, 0.25) is 5.91 Å². The molecule has 0 aliphatic carbocycles. The van der Waals surface area contributed by atoms with Crippen molar-refractivity contribution in [1.29, 1.82) is 0 Å². The first-order valence-corrected chi connectivity index (χ1v) is 8.73. The number of carbonyl (C=O) groups is 1. The molecule has 1 aromatic heterocycles. The van der Waals surface area contributed by atoms with Gasteiger partial charge in [-0.3, -0.25) is 9.79 Å². The normalized spacial score (nSPS) is 13.9. The number of rotatable bonds is 4. The minimum absolute atomic E-state index is 0.0950. The minimum Gasteiger partial charge on any atom is -0.441 e. The maximum Gasteiger partial charge on any atom is 0.226 e. The van der Waals surface area contributed by atoms with Crippen LogP contribution >= 0.6 is 35.0 Å². The van der Waals surface area contributed by atoms with E-state index < -0.39 is 0 Å². The second-order valence-corrected chi connectivity index (χ2v) is 6.75. The van der Waals surface area contributed by atoms with Gasteiger partial charge in [-0.1, -0.05) is 35.0 Å². The SMILES string of the molecule is O=C(CCc1ncc(-c2ccc(Cl)cc2Cl)o1)NC1=NCCS1. The van der Waals surface area contributed by atoms with Crippen molar-refractivity contribution in [3.63, 3.8) is 0 Å². The van der Waals surface area contributed by atoms with Gasteiger partial charge in [-0.05, 0) is 18.2 Å². The fraction of sp³-hybridized carbons (Fsp3) is 0.267. The van der Waals surface area contributed by atoms with E-state index in [-0.39, 0.29) is 12.3 Å². The number of nitrogens with zero attached hydrogens (tertiary/aromatic N) is 2. The van der Waals surface area contributed by atoms with Gasteiger partial charge < -0.3 is 9.73 Å². The van der Waals surface area contributed by atoms with Crippen molar-refractivity contribution in [2.75, 3.05) is 12.3 Å². The van der Waals surface area contributed by atoms with E-state index in [0.29, 0.717) is 33.3 Å². The monoisotopic (exact) mass is 369 g/mol. The number of amides is 1. The van der Waals surface area contributed by atoms with Crippen LogP contribution < -0.4 is 5.32 Å². The van der Waals surface area contributed by atoms with Crippen molar-refractivity contribution in [3.05, 3.63) is 40.3 Å². The third kappa shape index (κ3) is 4.28. The van der Waals surface area contributed by atoms with Crippen LogP contribution in [0.5, 0.6) is 0 Å². The third-order valence-electron chi connectivity index (χ3n) is 3.15. The predicted octanol–water partition coefficient (Wildman–Crippen LogP) is 3.80.